The van der Waals surface area contributed by atoms with Crippen molar-refractivity contribution in [3.05, 3.63) is 120 Å². The first-order chi connectivity index (χ1) is 13.2. The SMILES string of the molecule is OC1(COC(c2ccccc2)(c2ccccc2)c2ccccc2)C=CCC1. The zero-order valence-electron chi connectivity index (χ0n) is 15.3. The lowest BCUT2D eigenvalue weighted by molar-refractivity contribution is -0.0694. The minimum Gasteiger partial charge on any atom is -0.383 e. The van der Waals surface area contributed by atoms with E-state index in [4.69, 9.17) is 4.74 Å². The van der Waals surface area contributed by atoms with Crippen molar-refractivity contribution in [2.24, 2.45) is 0 Å². The van der Waals surface area contributed by atoms with Crippen LogP contribution < -0.4 is 0 Å². The molecule has 0 aliphatic heterocycles. The van der Waals surface area contributed by atoms with Crippen LogP contribution in [-0.2, 0) is 10.3 Å². The monoisotopic (exact) mass is 356 g/mol. The summed E-state index contributed by atoms with van der Waals surface area (Å²) in [6.07, 6.45) is 5.48. The van der Waals surface area contributed by atoms with Crippen molar-refractivity contribution in [3.8, 4) is 0 Å². The summed E-state index contributed by atoms with van der Waals surface area (Å²) in [6, 6.07) is 30.8. The predicted molar refractivity (Wildman–Crippen MR) is 108 cm³/mol. The fourth-order valence-electron chi connectivity index (χ4n) is 3.84. The van der Waals surface area contributed by atoms with Gasteiger partial charge in [-0.3, -0.25) is 0 Å². The smallest absolute Gasteiger partial charge is 0.143 e. The van der Waals surface area contributed by atoms with Crippen molar-refractivity contribution >= 4 is 0 Å². The molecule has 0 saturated heterocycles. The van der Waals surface area contributed by atoms with E-state index >= 15 is 0 Å². The van der Waals surface area contributed by atoms with Crippen LogP contribution in [0.5, 0.6) is 0 Å². The van der Waals surface area contributed by atoms with Gasteiger partial charge in [-0.1, -0.05) is 103 Å². The molecule has 0 fully saturated rings. The number of aliphatic hydroxyl groups is 1. The van der Waals surface area contributed by atoms with Crippen LogP contribution >= 0.6 is 0 Å². The molecule has 1 aliphatic rings. The molecule has 0 amide bonds. The lowest BCUT2D eigenvalue weighted by Crippen LogP contribution is -2.39. The van der Waals surface area contributed by atoms with Crippen molar-refractivity contribution < 1.29 is 9.84 Å². The standard InChI is InChI=1S/C25H24O2/c26-24(18-10-11-19-24)20-27-25(21-12-4-1-5-13-21,22-14-6-2-7-15-22)23-16-8-3-9-17-23/h1-10,12-18,26H,11,19-20H2. The molecule has 3 aromatic rings. The summed E-state index contributed by atoms with van der Waals surface area (Å²) in [5.74, 6) is 0. The van der Waals surface area contributed by atoms with Gasteiger partial charge in [0.2, 0.25) is 0 Å². The molecule has 27 heavy (non-hydrogen) atoms. The van der Waals surface area contributed by atoms with Crippen LogP contribution in [0.15, 0.2) is 103 Å². The van der Waals surface area contributed by atoms with Gasteiger partial charge in [0.1, 0.15) is 11.2 Å². The van der Waals surface area contributed by atoms with Crippen LogP contribution in [0.4, 0.5) is 0 Å². The van der Waals surface area contributed by atoms with Gasteiger partial charge in [-0.15, -0.1) is 0 Å². The Morgan fingerprint density at radius 2 is 1.19 bits per heavy atom. The van der Waals surface area contributed by atoms with Crippen molar-refractivity contribution in [3.63, 3.8) is 0 Å². The molecule has 0 spiro atoms. The van der Waals surface area contributed by atoms with Gasteiger partial charge in [0, 0.05) is 0 Å². The van der Waals surface area contributed by atoms with Crippen molar-refractivity contribution in [1.82, 2.24) is 0 Å². The van der Waals surface area contributed by atoms with Crippen LogP contribution in [0.3, 0.4) is 0 Å². The highest BCUT2D eigenvalue weighted by Gasteiger charge is 2.40. The second-order valence-corrected chi connectivity index (χ2v) is 7.11. The molecular formula is C25H24O2. The minimum absolute atomic E-state index is 0.238. The van der Waals surface area contributed by atoms with Gasteiger partial charge in [-0.25, -0.2) is 0 Å². The quantitative estimate of drug-likeness (QED) is 0.493. The highest BCUT2D eigenvalue weighted by molar-refractivity contribution is 5.47. The Labute approximate surface area is 160 Å². The molecule has 4 rings (SSSR count). The fourth-order valence-corrected chi connectivity index (χ4v) is 3.84. The molecule has 1 unspecified atom stereocenters. The van der Waals surface area contributed by atoms with E-state index in [1.807, 2.05) is 66.7 Å². The van der Waals surface area contributed by atoms with E-state index < -0.39 is 11.2 Å². The zero-order valence-corrected chi connectivity index (χ0v) is 15.3. The maximum Gasteiger partial charge on any atom is 0.143 e. The van der Waals surface area contributed by atoms with E-state index in [2.05, 4.69) is 36.4 Å². The third-order valence-electron chi connectivity index (χ3n) is 5.25. The number of hydrogen-bond donors (Lipinski definition) is 1. The van der Waals surface area contributed by atoms with Gasteiger partial charge in [0.05, 0.1) is 6.61 Å². The van der Waals surface area contributed by atoms with Gasteiger partial charge in [-0.05, 0) is 29.5 Å². The number of allylic oxidation sites excluding steroid dienone is 1. The number of hydrogen-bond acceptors (Lipinski definition) is 2. The lowest BCUT2D eigenvalue weighted by atomic mass is 9.80. The molecule has 2 heteroatoms. The molecule has 0 radical (unpaired) electrons. The summed E-state index contributed by atoms with van der Waals surface area (Å²) in [5.41, 5.74) is 1.45. The number of benzene rings is 3. The first-order valence-electron chi connectivity index (χ1n) is 9.44. The summed E-state index contributed by atoms with van der Waals surface area (Å²) >= 11 is 0. The van der Waals surface area contributed by atoms with E-state index in [1.165, 1.54) is 0 Å². The Kier molecular flexibility index (Phi) is 4.93. The van der Waals surface area contributed by atoms with Crippen LogP contribution in [0.1, 0.15) is 29.5 Å². The molecule has 2 nitrogen and oxygen atoms in total. The normalized spacial score (nSPS) is 19.3. The lowest BCUT2D eigenvalue weighted by Gasteiger charge is -2.38. The molecule has 1 atom stereocenters. The number of rotatable bonds is 6. The van der Waals surface area contributed by atoms with E-state index in [9.17, 15) is 5.11 Å². The highest BCUT2D eigenvalue weighted by Crippen LogP contribution is 2.41. The van der Waals surface area contributed by atoms with Crippen LogP contribution in [0.2, 0.25) is 0 Å². The molecular weight excluding hydrogens is 332 g/mol. The first-order valence-corrected chi connectivity index (χ1v) is 9.44. The summed E-state index contributed by atoms with van der Waals surface area (Å²) in [5, 5.41) is 10.9. The van der Waals surface area contributed by atoms with E-state index in [-0.39, 0.29) is 6.61 Å². The van der Waals surface area contributed by atoms with Crippen molar-refractivity contribution in [2.75, 3.05) is 6.61 Å². The Morgan fingerprint density at radius 1 is 0.741 bits per heavy atom. The van der Waals surface area contributed by atoms with Crippen LogP contribution in [0.25, 0.3) is 0 Å². The van der Waals surface area contributed by atoms with Gasteiger partial charge in [0.15, 0.2) is 0 Å². The largest absolute Gasteiger partial charge is 0.383 e. The Bertz CT molecular complexity index is 791. The molecule has 0 saturated carbocycles. The summed E-state index contributed by atoms with van der Waals surface area (Å²) in [4.78, 5) is 0. The average molecular weight is 356 g/mol. The second-order valence-electron chi connectivity index (χ2n) is 7.11. The Hall–Kier alpha value is -2.68. The molecule has 0 heterocycles. The summed E-state index contributed by atoms with van der Waals surface area (Å²) in [6.45, 7) is 0.238. The van der Waals surface area contributed by atoms with E-state index in [0.717, 1.165) is 23.1 Å². The minimum atomic E-state index is -0.913. The first kappa shape index (κ1) is 17.7. The third-order valence-corrected chi connectivity index (χ3v) is 5.25. The van der Waals surface area contributed by atoms with Crippen molar-refractivity contribution in [1.29, 1.82) is 0 Å². The van der Waals surface area contributed by atoms with Gasteiger partial charge in [0.25, 0.3) is 0 Å². The zero-order chi connectivity index (χ0) is 18.6. The van der Waals surface area contributed by atoms with Crippen LogP contribution in [0, 0.1) is 0 Å². The molecule has 0 bridgehead atoms. The van der Waals surface area contributed by atoms with Crippen LogP contribution in [-0.4, -0.2) is 17.3 Å². The van der Waals surface area contributed by atoms with Gasteiger partial charge < -0.3 is 9.84 Å². The topological polar surface area (TPSA) is 29.5 Å². The van der Waals surface area contributed by atoms with E-state index in [0.29, 0.717) is 6.42 Å². The Morgan fingerprint density at radius 3 is 1.56 bits per heavy atom. The second kappa shape index (κ2) is 7.51. The highest BCUT2D eigenvalue weighted by atomic mass is 16.5. The molecule has 0 aromatic heterocycles. The predicted octanol–water partition coefficient (Wildman–Crippen LogP) is 5.08. The average Bonchev–Trinajstić information content (AvgIpc) is 3.18. The van der Waals surface area contributed by atoms with Gasteiger partial charge in [-0.2, -0.15) is 0 Å². The molecule has 3 aromatic carbocycles. The molecule has 136 valence electrons. The summed E-state index contributed by atoms with van der Waals surface area (Å²) in [7, 11) is 0. The Balaban J connectivity index is 1.87. The van der Waals surface area contributed by atoms with Gasteiger partial charge >= 0.3 is 0 Å². The molecule has 1 N–H and O–H groups in total. The maximum atomic E-state index is 10.9. The van der Waals surface area contributed by atoms with Crippen molar-refractivity contribution in [2.45, 2.75) is 24.0 Å². The fraction of sp³-hybridized carbons (Fsp3) is 0.200. The maximum absolute atomic E-state index is 10.9. The van der Waals surface area contributed by atoms with E-state index in [1.54, 1.807) is 0 Å². The molecule has 1 aliphatic carbocycles. The third kappa shape index (κ3) is 3.46. The number of ether oxygens (including phenoxy) is 1. The summed E-state index contributed by atoms with van der Waals surface area (Å²) < 4.78 is 6.67.